The summed E-state index contributed by atoms with van der Waals surface area (Å²) < 4.78 is 0. The molecule has 0 saturated heterocycles. The van der Waals surface area contributed by atoms with Crippen LogP contribution < -0.4 is 4.90 Å². The molecule has 4 atom stereocenters. The highest BCUT2D eigenvalue weighted by atomic mass is 15.2. The summed E-state index contributed by atoms with van der Waals surface area (Å²) in [6.45, 7) is 4.57. The van der Waals surface area contributed by atoms with Gasteiger partial charge in [0.25, 0.3) is 0 Å². The maximum atomic E-state index is 2.49. The molecule has 0 fully saturated rings. The minimum atomic E-state index is 0.379. The number of benzene rings is 1. The predicted octanol–water partition coefficient (Wildman–Crippen LogP) is 9.22. The van der Waals surface area contributed by atoms with E-state index in [0.717, 1.165) is 12.8 Å². The van der Waals surface area contributed by atoms with E-state index < -0.39 is 0 Å². The van der Waals surface area contributed by atoms with Crippen LogP contribution in [0.1, 0.15) is 51.0 Å². The summed E-state index contributed by atoms with van der Waals surface area (Å²) in [5.74, 6) is 1.42. The van der Waals surface area contributed by atoms with Gasteiger partial charge >= 0.3 is 0 Å². The van der Waals surface area contributed by atoms with Crippen LogP contribution in [0.3, 0.4) is 0 Å². The van der Waals surface area contributed by atoms with Crippen molar-refractivity contribution in [3.8, 4) is 0 Å². The normalized spacial score (nSPS) is 27.9. The summed E-state index contributed by atoms with van der Waals surface area (Å²) in [6, 6.07) is 9.23. The standard InChI is InChI=1S/C36H37N/c1-26(37-35-24-14-12-22-33(35)34-23-13-15-25-36(34)37)16-6-4-3-5-7-17-28-27(2)29-18-8-9-19-31(29)32-21-11-10-20-30(28)32/h4,6-7,9-17,19-25,30,32-33,35H,3,5,8,18H2,1-2H3/b6-4-,17-7-,26-16+/t30?,32-,33?,35+/m1/s1. The predicted molar refractivity (Wildman–Crippen MR) is 158 cm³/mol. The molecule has 2 unspecified atom stereocenters. The van der Waals surface area contributed by atoms with Gasteiger partial charge in [0.15, 0.2) is 0 Å². The van der Waals surface area contributed by atoms with Crippen LogP contribution in [0.15, 0.2) is 143 Å². The zero-order valence-electron chi connectivity index (χ0n) is 22.1. The molecule has 1 aromatic rings. The number of nitrogens with zero attached hydrogens (tertiary/aromatic N) is 1. The molecule has 0 bridgehead atoms. The van der Waals surface area contributed by atoms with Crippen molar-refractivity contribution in [2.24, 2.45) is 11.8 Å². The van der Waals surface area contributed by atoms with Crippen LogP contribution in [0.25, 0.3) is 0 Å². The first-order chi connectivity index (χ1) is 18.2. The first-order valence-electron chi connectivity index (χ1n) is 13.9. The molecule has 0 spiro atoms. The molecule has 0 radical (unpaired) electrons. The van der Waals surface area contributed by atoms with E-state index in [1.165, 1.54) is 40.9 Å². The van der Waals surface area contributed by atoms with Gasteiger partial charge in [-0.2, -0.15) is 0 Å². The molecular formula is C36H37N. The number of rotatable bonds is 6. The summed E-state index contributed by atoms with van der Waals surface area (Å²) in [5.41, 5.74) is 10.2. The van der Waals surface area contributed by atoms with E-state index in [1.807, 2.05) is 0 Å². The number of fused-ring (bicyclic) bond motifs is 5. The van der Waals surface area contributed by atoms with Crippen LogP contribution in [0.4, 0.5) is 5.69 Å². The van der Waals surface area contributed by atoms with Gasteiger partial charge < -0.3 is 4.90 Å². The monoisotopic (exact) mass is 483 g/mol. The highest BCUT2D eigenvalue weighted by Crippen LogP contribution is 2.46. The van der Waals surface area contributed by atoms with Crippen molar-refractivity contribution in [2.75, 3.05) is 4.90 Å². The number of anilines is 1. The van der Waals surface area contributed by atoms with Gasteiger partial charge in [0, 0.05) is 29.1 Å². The van der Waals surface area contributed by atoms with Gasteiger partial charge in [-0.15, -0.1) is 0 Å². The Balaban J connectivity index is 1.11. The van der Waals surface area contributed by atoms with Crippen molar-refractivity contribution in [1.29, 1.82) is 0 Å². The van der Waals surface area contributed by atoms with Crippen molar-refractivity contribution in [3.63, 3.8) is 0 Å². The second kappa shape index (κ2) is 10.4. The SMILES string of the molecule is CC1=C(/C=C\CC/C=C\C=C(/C)N2c3ccccc3C3C=CC=C[C@@H]32)C2C=CC=C[C@H]2C2=C1CCC=C2. The van der Waals surface area contributed by atoms with Crippen molar-refractivity contribution >= 4 is 5.69 Å². The minimum absolute atomic E-state index is 0.379. The Labute approximate surface area is 222 Å². The van der Waals surface area contributed by atoms with Crippen molar-refractivity contribution in [1.82, 2.24) is 0 Å². The van der Waals surface area contributed by atoms with Crippen molar-refractivity contribution < 1.29 is 0 Å². The molecule has 186 valence electrons. The zero-order valence-corrected chi connectivity index (χ0v) is 22.1. The highest BCUT2D eigenvalue weighted by molar-refractivity contribution is 5.69. The molecule has 37 heavy (non-hydrogen) atoms. The van der Waals surface area contributed by atoms with E-state index in [4.69, 9.17) is 0 Å². The summed E-state index contributed by atoms with van der Waals surface area (Å²) in [7, 11) is 0. The second-order valence-electron chi connectivity index (χ2n) is 10.7. The lowest BCUT2D eigenvalue weighted by Gasteiger charge is -2.36. The zero-order chi connectivity index (χ0) is 25.2. The van der Waals surface area contributed by atoms with E-state index in [1.54, 1.807) is 11.1 Å². The van der Waals surface area contributed by atoms with E-state index in [9.17, 15) is 0 Å². The first kappa shape index (κ1) is 23.8. The van der Waals surface area contributed by atoms with Gasteiger partial charge in [0.05, 0.1) is 6.04 Å². The fourth-order valence-corrected chi connectivity index (χ4v) is 6.75. The third-order valence-corrected chi connectivity index (χ3v) is 8.56. The Morgan fingerprint density at radius 2 is 1.68 bits per heavy atom. The fourth-order valence-electron chi connectivity index (χ4n) is 6.75. The Morgan fingerprint density at radius 3 is 2.57 bits per heavy atom. The third-order valence-electron chi connectivity index (χ3n) is 8.56. The number of allylic oxidation sites excluding steroid dienone is 18. The number of para-hydroxylation sites is 1. The Morgan fingerprint density at radius 1 is 0.919 bits per heavy atom. The summed E-state index contributed by atoms with van der Waals surface area (Å²) in [5, 5.41) is 0. The number of hydrogen-bond donors (Lipinski definition) is 0. The molecule has 1 aliphatic heterocycles. The van der Waals surface area contributed by atoms with Gasteiger partial charge in [-0.3, -0.25) is 0 Å². The largest absolute Gasteiger partial charge is 0.337 e. The molecule has 6 rings (SSSR count). The molecule has 4 aliphatic carbocycles. The highest BCUT2D eigenvalue weighted by Gasteiger charge is 2.36. The lowest BCUT2D eigenvalue weighted by Crippen LogP contribution is -2.31. The third kappa shape index (κ3) is 4.42. The number of unbranched alkanes of at least 4 members (excludes halogenated alkanes) is 1. The quantitative estimate of drug-likeness (QED) is 0.288. The van der Waals surface area contributed by atoms with Crippen molar-refractivity contribution in [2.45, 2.75) is 51.5 Å². The second-order valence-corrected chi connectivity index (χ2v) is 10.7. The van der Waals surface area contributed by atoms with Gasteiger partial charge in [0.1, 0.15) is 0 Å². The molecule has 1 nitrogen and oxygen atoms in total. The lowest BCUT2D eigenvalue weighted by molar-refractivity contribution is 0.590. The molecule has 0 aromatic heterocycles. The van der Waals surface area contributed by atoms with Crippen LogP contribution in [-0.4, -0.2) is 6.04 Å². The summed E-state index contributed by atoms with van der Waals surface area (Å²) >= 11 is 0. The summed E-state index contributed by atoms with van der Waals surface area (Å²) in [4.78, 5) is 2.49. The van der Waals surface area contributed by atoms with E-state index >= 15 is 0 Å². The molecule has 0 saturated carbocycles. The van der Waals surface area contributed by atoms with Gasteiger partial charge in [-0.05, 0) is 79.5 Å². The van der Waals surface area contributed by atoms with Crippen LogP contribution >= 0.6 is 0 Å². The smallest absolute Gasteiger partial charge is 0.0626 e. The fraction of sp³-hybridized carbons (Fsp3) is 0.278. The summed E-state index contributed by atoms with van der Waals surface area (Å²) in [6.07, 6.45) is 39.1. The maximum Gasteiger partial charge on any atom is 0.0626 e. The molecule has 1 aromatic carbocycles. The van der Waals surface area contributed by atoms with Gasteiger partial charge in [-0.25, -0.2) is 0 Å². The van der Waals surface area contributed by atoms with Gasteiger partial charge in [0.2, 0.25) is 0 Å². The Kier molecular flexibility index (Phi) is 6.70. The first-order valence-corrected chi connectivity index (χ1v) is 13.9. The van der Waals surface area contributed by atoms with Crippen LogP contribution in [0.2, 0.25) is 0 Å². The van der Waals surface area contributed by atoms with E-state index in [0.29, 0.717) is 23.8 Å². The van der Waals surface area contributed by atoms with Crippen LogP contribution in [0.5, 0.6) is 0 Å². The Hall–Kier alpha value is -3.58. The topological polar surface area (TPSA) is 3.24 Å². The molecule has 0 N–H and O–H groups in total. The van der Waals surface area contributed by atoms with Crippen molar-refractivity contribution in [3.05, 3.63) is 149 Å². The molecular weight excluding hydrogens is 446 g/mol. The molecule has 1 heterocycles. The lowest BCUT2D eigenvalue weighted by atomic mass is 9.68. The molecule has 5 aliphatic rings. The maximum absolute atomic E-state index is 2.49. The molecule has 0 amide bonds. The Bertz CT molecular complexity index is 1360. The van der Waals surface area contributed by atoms with Crippen LogP contribution in [0, 0.1) is 11.8 Å². The van der Waals surface area contributed by atoms with Gasteiger partial charge in [-0.1, -0.05) is 103 Å². The molecule has 1 heteroatoms. The van der Waals surface area contributed by atoms with E-state index in [-0.39, 0.29) is 0 Å². The average molecular weight is 484 g/mol. The van der Waals surface area contributed by atoms with Crippen LogP contribution in [-0.2, 0) is 0 Å². The van der Waals surface area contributed by atoms with E-state index in [2.05, 4.69) is 134 Å². The number of hydrogen-bond acceptors (Lipinski definition) is 1. The minimum Gasteiger partial charge on any atom is -0.337 e. The average Bonchev–Trinajstić information content (AvgIpc) is 3.28.